The molecule has 3 amide bonds. The molecule has 4 rings (SSSR count). The van der Waals surface area contributed by atoms with Crippen LogP contribution in [0.2, 0.25) is 0 Å². The van der Waals surface area contributed by atoms with Crippen molar-refractivity contribution in [3.05, 3.63) is 83.7 Å². The Hall–Kier alpha value is -3.81. The Bertz CT molecular complexity index is 1040. The number of nitrogens with zero attached hydrogens (tertiary/aromatic N) is 1. The van der Waals surface area contributed by atoms with E-state index in [9.17, 15) is 14.4 Å². The van der Waals surface area contributed by atoms with Crippen LogP contribution in [0, 0.1) is 5.92 Å². The first-order valence-electron chi connectivity index (χ1n) is 10.1. The van der Waals surface area contributed by atoms with E-state index in [2.05, 4.69) is 10.6 Å². The lowest BCUT2D eigenvalue weighted by atomic mass is 10.1. The zero-order valence-corrected chi connectivity index (χ0v) is 16.9. The van der Waals surface area contributed by atoms with Gasteiger partial charge in [0.05, 0.1) is 31.5 Å². The quantitative estimate of drug-likeness (QED) is 0.581. The number of hydrogen-bond donors (Lipinski definition) is 2. The summed E-state index contributed by atoms with van der Waals surface area (Å²) in [5.74, 6) is 0.497. The number of rotatable bonds is 8. The summed E-state index contributed by atoms with van der Waals surface area (Å²) in [4.78, 5) is 38.8. The molecule has 8 nitrogen and oxygen atoms in total. The second-order valence-electron chi connectivity index (χ2n) is 7.43. The van der Waals surface area contributed by atoms with E-state index in [0.29, 0.717) is 36.7 Å². The van der Waals surface area contributed by atoms with E-state index in [0.717, 1.165) is 5.56 Å². The second kappa shape index (κ2) is 9.34. The van der Waals surface area contributed by atoms with Gasteiger partial charge in [-0.3, -0.25) is 14.4 Å². The predicted molar refractivity (Wildman–Crippen MR) is 110 cm³/mol. The highest BCUT2D eigenvalue weighted by Crippen LogP contribution is 2.20. The molecule has 2 aromatic heterocycles. The lowest BCUT2D eigenvalue weighted by Gasteiger charge is -2.15. The van der Waals surface area contributed by atoms with Gasteiger partial charge in [0, 0.05) is 25.1 Å². The van der Waals surface area contributed by atoms with Gasteiger partial charge in [-0.1, -0.05) is 12.1 Å². The highest BCUT2D eigenvalue weighted by atomic mass is 16.3. The highest BCUT2D eigenvalue weighted by Gasteiger charge is 2.34. The Morgan fingerprint density at radius 2 is 1.74 bits per heavy atom. The van der Waals surface area contributed by atoms with E-state index in [1.165, 1.54) is 0 Å². The van der Waals surface area contributed by atoms with Crippen LogP contribution in [-0.2, 0) is 29.2 Å². The molecule has 0 radical (unpaired) electrons. The summed E-state index contributed by atoms with van der Waals surface area (Å²) in [5.41, 5.74) is 1.30. The van der Waals surface area contributed by atoms with E-state index in [1.807, 2.05) is 6.07 Å². The molecule has 160 valence electrons. The molecule has 0 aliphatic carbocycles. The average Bonchev–Trinajstić information content (AvgIpc) is 3.54. The Kier molecular flexibility index (Phi) is 6.16. The molecule has 1 unspecified atom stereocenters. The minimum atomic E-state index is -0.401. The normalized spacial score (nSPS) is 15.8. The molecular formula is C23H23N3O5. The largest absolute Gasteiger partial charge is 0.467 e. The van der Waals surface area contributed by atoms with E-state index in [1.54, 1.807) is 59.9 Å². The molecule has 1 aliphatic heterocycles. The summed E-state index contributed by atoms with van der Waals surface area (Å²) in [6, 6.07) is 14.2. The van der Waals surface area contributed by atoms with Crippen molar-refractivity contribution in [3.63, 3.8) is 0 Å². The van der Waals surface area contributed by atoms with Crippen molar-refractivity contribution in [1.82, 2.24) is 15.5 Å². The Labute approximate surface area is 179 Å². The third-order valence-electron chi connectivity index (χ3n) is 5.17. The molecule has 1 atom stereocenters. The molecule has 8 heteroatoms. The minimum absolute atomic E-state index is 0.0632. The molecule has 0 saturated carbocycles. The molecule has 3 heterocycles. The van der Waals surface area contributed by atoms with Gasteiger partial charge in [0.25, 0.3) is 5.91 Å². The van der Waals surface area contributed by atoms with Crippen LogP contribution in [0.5, 0.6) is 0 Å². The third kappa shape index (κ3) is 5.22. The minimum Gasteiger partial charge on any atom is -0.467 e. The van der Waals surface area contributed by atoms with Crippen LogP contribution in [0.3, 0.4) is 0 Å². The number of carbonyl (C=O) groups is 3. The van der Waals surface area contributed by atoms with Crippen molar-refractivity contribution in [1.29, 1.82) is 0 Å². The van der Waals surface area contributed by atoms with Crippen LogP contribution in [0.15, 0.2) is 69.9 Å². The summed E-state index contributed by atoms with van der Waals surface area (Å²) in [5, 5.41) is 5.67. The van der Waals surface area contributed by atoms with Gasteiger partial charge >= 0.3 is 0 Å². The van der Waals surface area contributed by atoms with E-state index in [4.69, 9.17) is 8.83 Å². The fraction of sp³-hybridized carbons (Fsp3) is 0.261. The topological polar surface area (TPSA) is 105 Å². The van der Waals surface area contributed by atoms with Gasteiger partial charge in [-0.05, 0) is 42.0 Å². The Morgan fingerprint density at radius 3 is 2.48 bits per heavy atom. The first kappa shape index (κ1) is 20.5. The zero-order chi connectivity index (χ0) is 21.6. The summed E-state index contributed by atoms with van der Waals surface area (Å²) in [7, 11) is 0. The molecule has 0 spiro atoms. The van der Waals surface area contributed by atoms with Gasteiger partial charge in [0.15, 0.2) is 0 Å². The maximum Gasteiger partial charge on any atom is 0.251 e. The molecule has 31 heavy (non-hydrogen) atoms. The van der Waals surface area contributed by atoms with Crippen molar-refractivity contribution < 1.29 is 23.2 Å². The molecule has 3 aromatic rings. The molecule has 1 aromatic carbocycles. The number of benzene rings is 1. The molecule has 0 bridgehead atoms. The van der Waals surface area contributed by atoms with Crippen LogP contribution in [0.1, 0.15) is 33.9 Å². The van der Waals surface area contributed by atoms with Gasteiger partial charge in [0.1, 0.15) is 11.5 Å². The molecular weight excluding hydrogens is 398 g/mol. The van der Waals surface area contributed by atoms with Crippen molar-refractivity contribution in [3.8, 4) is 0 Å². The SMILES string of the molecule is O=C(NCc1ccco1)c1cccc(CNC(=O)C2CC(=O)N(Cc3ccco3)C2)c1. The second-order valence-corrected chi connectivity index (χ2v) is 7.43. The lowest BCUT2D eigenvalue weighted by Crippen LogP contribution is -2.32. The maximum absolute atomic E-state index is 12.6. The fourth-order valence-corrected chi connectivity index (χ4v) is 3.53. The third-order valence-corrected chi connectivity index (χ3v) is 5.17. The Morgan fingerprint density at radius 1 is 0.968 bits per heavy atom. The smallest absolute Gasteiger partial charge is 0.251 e. The summed E-state index contributed by atoms with van der Waals surface area (Å²) in [6.07, 6.45) is 3.30. The van der Waals surface area contributed by atoms with Gasteiger partial charge in [0.2, 0.25) is 11.8 Å². The molecule has 1 fully saturated rings. The fourth-order valence-electron chi connectivity index (χ4n) is 3.53. The number of carbonyl (C=O) groups excluding carboxylic acids is 3. The van der Waals surface area contributed by atoms with Crippen LogP contribution >= 0.6 is 0 Å². The first-order valence-corrected chi connectivity index (χ1v) is 10.1. The van der Waals surface area contributed by atoms with Crippen LogP contribution in [-0.4, -0.2) is 29.2 Å². The lowest BCUT2D eigenvalue weighted by molar-refractivity contribution is -0.129. The van der Waals surface area contributed by atoms with Crippen LogP contribution < -0.4 is 10.6 Å². The highest BCUT2D eigenvalue weighted by molar-refractivity contribution is 5.94. The number of amides is 3. The number of furan rings is 2. The van der Waals surface area contributed by atoms with Crippen molar-refractivity contribution in [2.75, 3.05) is 6.54 Å². The van der Waals surface area contributed by atoms with E-state index in [-0.39, 0.29) is 30.7 Å². The monoisotopic (exact) mass is 421 g/mol. The van der Waals surface area contributed by atoms with Gasteiger partial charge < -0.3 is 24.4 Å². The van der Waals surface area contributed by atoms with Crippen molar-refractivity contribution in [2.45, 2.75) is 26.1 Å². The molecule has 1 saturated heterocycles. The number of hydrogen-bond acceptors (Lipinski definition) is 5. The van der Waals surface area contributed by atoms with Gasteiger partial charge in [-0.25, -0.2) is 0 Å². The maximum atomic E-state index is 12.6. The molecule has 2 N–H and O–H groups in total. The summed E-state index contributed by atoms with van der Waals surface area (Å²) in [6.45, 7) is 1.31. The standard InChI is InChI=1S/C23H23N3O5/c27-21-11-18(14-26(21)15-20-7-3-9-31-20)23(29)24-12-16-4-1-5-17(10-16)22(28)25-13-19-6-2-8-30-19/h1-10,18H,11-15H2,(H,24,29)(H,25,28). The number of likely N-dealkylation sites (tertiary alicyclic amines) is 1. The average molecular weight is 421 g/mol. The summed E-state index contributed by atoms with van der Waals surface area (Å²) < 4.78 is 10.5. The number of nitrogens with one attached hydrogen (secondary N) is 2. The molecule has 1 aliphatic rings. The predicted octanol–water partition coefficient (Wildman–Crippen LogP) is 2.47. The van der Waals surface area contributed by atoms with Gasteiger partial charge in [-0.2, -0.15) is 0 Å². The van der Waals surface area contributed by atoms with Gasteiger partial charge in [-0.15, -0.1) is 0 Å². The van der Waals surface area contributed by atoms with E-state index < -0.39 is 5.92 Å². The van der Waals surface area contributed by atoms with Crippen molar-refractivity contribution >= 4 is 17.7 Å². The van der Waals surface area contributed by atoms with Crippen LogP contribution in [0.4, 0.5) is 0 Å². The first-order chi connectivity index (χ1) is 15.1. The summed E-state index contributed by atoms with van der Waals surface area (Å²) >= 11 is 0. The Balaban J connectivity index is 1.28. The zero-order valence-electron chi connectivity index (χ0n) is 16.9. The van der Waals surface area contributed by atoms with E-state index >= 15 is 0 Å². The van der Waals surface area contributed by atoms with Crippen molar-refractivity contribution in [2.24, 2.45) is 5.92 Å². The van der Waals surface area contributed by atoms with Crippen LogP contribution in [0.25, 0.3) is 0 Å².